The quantitative estimate of drug-likeness (QED) is 0.133. The predicted molar refractivity (Wildman–Crippen MR) is 133 cm³/mol. The van der Waals surface area contributed by atoms with Crippen molar-refractivity contribution in [2.45, 2.75) is 0 Å². The Bertz CT molecular complexity index is 1280. The summed E-state index contributed by atoms with van der Waals surface area (Å²) >= 11 is 0. The average molecular weight is 476 g/mol. The second-order valence-corrected chi connectivity index (χ2v) is 7.21. The van der Waals surface area contributed by atoms with Crippen molar-refractivity contribution >= 4 is 29.3 Å². The van der Waals surface area contributed by atoms with Gasteiger partial charge in [0.25, 0.3) is 5.69 Å². The topological polar surface area (TPSA) is 120 Å². The number of ether oxygens (including phenoxy) is 3. The zero-order chi connectivity index (χ0) is 25.4. The first-order valence-corrected chi connectivity index (χ1v) is 10.4. The number of ketones is 1. The summed E-state index contributed by atoms with van der Waals surface area (Å²) in [6, 6.07) is 14.1. The molecule has 9 heteroatoms. The monoisotopic (exact) mass is 476 g/mol. The molecule has 0 aliphatic heterocycles. The van der Waals surface area contributed by atoms with Gasteiger partial charge in [-0.15, -0.1) is 0 Å². The van der Waals surface area contributed by atoms with E-state index in [0.29, 0.717) is 28.3 Å². The molecular weight excluding hydrogens is 452 g/mol. The molecule has 2 N–H and O–H groups in total. The van der Waals surface area contributed by atoms with Crippen LogP contribution < -0.4 is 19.5 Å². The van der Waals surface area contributed by atoms with Gasteiger partial charge in [0.2, 0.25) is 5.75 Å². The second kappa shape index (κ2) is 11.4. The number of anilines is 1. The highest BCUT2D eigenvalue weighted by Gasteiger charge is 2.11. The summed E-state index contributed by atoms with van der Waals surface area (Å²) in [7, 11) is 4.48. The molecule has 0 fully saturated rings. The van der Waals surface area contributed by atoms with Gasteiger partial charge in [-0.2, -0.15) is 0 Å². The van der Waals surface area contributed by atoms with Crippen LogP contribution in [0.5, 0.6) is 23.0 Å². The van der Waals surface area contributed by atoms with Crippen molar-refractivity contribution in [2.24, 2.45) is 0 Å². The van der Waals surface area contributed by atoms with Crippen LogP contribution in [0.4, 0.5) is 11.4 Å². The molecule has 0 aromatic heterocycles. The third kappa shape index (κ3) is 6.17. The number of carbonyl (C=O) groups excluding carboxylic acids is 1. The zero-order valence-electron chi connectivity index (χ0n) is 19.3. The van der Waals surface area contributed by atoms with Crippen molar-refractivity contribution in [3.8, 4) is 23.0 Å². The van der Waals surface area contributed by atoms with Crippen molar-refractivity contribution in [3.63, 3.8) is 0 Å². The number of non-ortho nitro benzene ring substituents is 1. The van der Waals surface area contributed by atoms with Crippen molar-refractivity contribution in [2.75, 3.05) is 26.6 Å². The number of phenols is 1. The van der Waals surface area contributed by atoms with E-state index in [0.717, 1.165) is 5.56 Å². The van der Waals surface area contributed by atoms with E-state index in [9.17, 15) is 20.0 Å². The van der Waals surface area contributed by atoms with Crippen LogP contribution in [0.25, 0.3) is 12.2 Å². The highest BCUT2D eigenvalue weighted by atomic mass is 16.6. The fraction of sp³-hybridized carbons (Fsp3) is 0.115. The SMILES string of the molecule is COc1ccc(/C=C\c2cc(O)c(OC)c(OC)c2)cc1N/C=C\C(=O)c1ccc([N+](=O)[O-])cc1. The molecule has 0 unspecified atom stereocenters. The minimum absolute atomic E-state index is 0.0357. The number of nitrogens with one attached hydrogen (secondary N) is 1. The second-order valence-electron chi connectivity index (χ2n) is 7.21. The molecule has 0 aliphatic rings. The molecular formula is C26H24N2O7. The van der Waals surface area contributed by atoms with Crippen LogP contribution in [-0.4, -0.2) is 37.1 Å². The Morgan fingerprint density at radius 1 is 0.914 bits per heavy atom. The van der Waals surface area contributed by atoms with Crippen LogP contribution in [-0.2, 0) is 0 Å². The van der Waals surface area contributed by atoms with E-state index >= 15 is 0 Å². The molecule has 0 radical (unpaired) electrons. The lowest BCUT2D eigenvalue weighted by Crippen LogP contribution is -1.98. The molecule has 3 rings (SSSR count). The van der Waals surface area contributed by atoms with Gasteiger partial charge in [0.1, 0.15) is 5.75 Å². The van der Waals surface area contributed by atoms with E-state index in [1.807, 2.05) is 18.2 Å². The molecule has 180 valence electrons. The summed E-state index contributed by atoms with van der Waals surface area (Å²) in [4.78, 5) is 22.6. The number of nitro benzene ring substituents is 1. The summed E-state index contributed by atoms with van der Waals surface area (Å²) in [5, 5.41) is 23.9. The van der Waals surface area contributed by atoms with Gasteiger partial charge in [-0.25, -0.2) is 0 Å². The van der Waals surface area contributed by atoms with E-state index in [1.54, 1.807) is 24.3 Å². The number of aromatic hydroxyl groups is 1. The van der Waals surface area contributed by atoms with E-state index in [4.69, 9.17) is 14.2 Å². The number of phenolic OH excluding ortho intramolecular Hbond substituents is 1. The number of methoxy groups -OCH3 is 3. The first kappa shape index (κ1) is 24.8. The fourth-order valence-electron chi connectivity index (χ4n) is 3.25. The summed E-state index contributed by atoms with van der Waals surface area (Å²) < 4.78 is 15.8. The third-order valence-corrected chi connectivity index (χ3v) is 5.01. The Hall–Kier alpha value is -4.79. The molecule has 3 aromatic carbocycles. The van der Waals surface area contributed by atoms with E-state index < -0.39 is 4.92 Å². The minimum Gasteiger partial charge on any atom is -0.504 e. The van der Waals surface area contributed by atoms with Gasteiger partial charge in [-0.1, -0.05) is 18.2 Å². The lowest BCUT2D eigenvalue weighted by atomic mass is 10.1. The average Bonchev–Trinajstić information content (AvgIpc) is 2.87. The first-order chi connectivity index (χ1) is 16.9. The maximum atomic E-state index is 12.3. The standard InChI is InChI=1S/C26H24N2O7/c1-33-24-11-6-17(4-5-18-15-23(30)26(35-3)25(16-18)34-2)14-21(24)27-13-12-22(29)19-7-9-20(10-8-19)28(31)32/h4-16,27,30H,1-3H3/b5-4-,13-12-. The van der Waals surface area contributed by atoms with Crippen LogP contribution in [0.2, 0.25) is 0 Å². The van der Waals surface area contributed by atoms with E-state index in [-0.39, 0.29) is 23.0 Å². The molecule has 3 aromatic rings. The molecule has 0 atom stereocenters. The smallest absolute Gasteiger partial charge is 0.269 e. The van der Waals surface area contributed by atoms with Crippen LogP contribution >= 0.6 is 0 Å². The number of allylic oxidation sites excluding steroid dienone is 1. The van der Waals surface area contributed by atoms with Gasteiger partial charge in [0.05, 0.1) is 31.9 Å². The highest BCUT2D eigenvalue weighted by Crippen LogP contribution is 2.38. The van der Waals surface area contributed by atoms with Gasteiger partial charge in [0.15, 0.2) is 17.3 Å². The summed E-state index contributed by atoms with van der Waals surface area (Å²) in [6.07, 6.45) is 6.45. The van der Waals surface area contributed by atoms with Gasteiger partial charge in [0, 0.05) is 30.0 Å². The highest BCUT2D eigenvalue weighted by molar-refractivity contribution is 6.04. The molecule has 35 heavy (non-hydrogen) atoms. The zero-order valence-corrected chi connectivity index (χ0v) is 19.3. The Morgan fingerprint density at radius 2 is 1.60 bits per heavy atom. The molecule has 0 saturated carbocycles. The van der Waals surface area contributed by atoms with Crippen molar-refractivity contribution in [1.82, 2.24) is 0 Å². The lowest BCUT2D eigenvalue weighted by molar-refractivity contribution is -0.384. The van der Waals surface area contributed by atoms with Crippen molar-refractivity contribution in [3.05, 3.63) is 93.7 Å². The maximum absolute atomic E-state index is 12.3. The number of benzene rings is 3. The Kier molecular flexibility index (Phi) is 8.07. The first-order valence-electron chi connectivity index (χ1n) is 10.4. The Labute approximate surface area is 202 Å². The summed E-state index contributed by atoms with van der Waals surface area (Å²) in [5.74, 6) is 0.892. The minimum atomic E-state index is -0.521. The van der Waals surface area contributed by atoms with Gasteiger partial charge in [-0.05, 0) is 47.5 Å². The number of hydrogen-bond acceptors (Lipinski definition) is 8. The van der Waals surface area contributed by atoms with Crippen LogP contribution in [0.1, 0.15) is 21.5 Å². The Balaban J connectivity index is 1.76. The number of rotatable bonds is 10. The summed E-state index contributed by atoms with van der Waals surface area (Å²) in [5.41, 5.74) is 2.41. The molecule has 0 saturated heterocycles. The molecule has 0 aliphatic carbocycles. The Morgan fingerprint density at radius 3 is 2.23 bits per heavy atom. The number of carbonyl (C=O) groups is 1. The van der Waals surface area contributed by atoms with Gasteiger partial charge in [-0.3, -0.25) is 14.9 Å². The number of nitrogens with zero attached hydrogens (tertiary/aromatic N) is 1. The largest absolute Gasteiger partial charge is 0.504 e. The fourth-order valence-corrected chi connectivity index (χ4v) is 3.25. The number of hydrogen-bond donors (Lipinski definition) is 2. The van der Waals surface area contributed by atoms with Crippen LogP contribution in [0.15, 0.2) is 66.9 Å². The number of nitro groups is 1. The predicted octanol–water partition coefficient (Wildman–Crippen LogP) is 5.31. The van der Waals surface area contributed by atoms with Gasteiger partial charge < -0.3 is 24.6 Å². The third-order valence-electron chi connectivity index (χ3n) is 5.01. The molecule has 0 spiro atoms. The summed E-state index contributed by atoms with van der Waals surface area (Å²) in [6.45, 7) is 0. The molecule has 0 amide bonds. The molecule has 9 nitrogen and oxygen atoms in total. The maximum Gasteiger partial charge on any atom is 0.269 e. The van der Waals surface area contributed by atoms with Crippen molar-refractivity contribution < 1.29 is 29.0 Å². The van der Waals surface area contributed by atoms with Crippen molar-refractivity contribution in [1.29, 1.82) is 0 Å². The van der Waals surface area contributed by atoms with Crippen LogP contribution in [0.3, 0.4) is 0 Å². The lowest BCUT2D eigenvalue weighted by Gasteiger charge is -2.10. The van der Waals surface area contributed by atoms with E-state index in [1.165, 1.54) is 57.9 Å². The van der Waals surface area contributed by atoms with Gasteiger partial charge >= 0.3 is 0 Å². The van der Waals surface area contributed by atoms with E-state index in [2.05, 4.69) is 5.32 Å². The van der Waals surface area contributed by atoms with Crippen LogP contribution in [0, 0.1) is 10.1 Å². The molecule has 0 heterocycles. The molecule has 0 bridgehead atoms. The normalized spacial score (nSPS) is 10.9.